The van der Waals surface area contributed by atoms with Crippen LogP contribution in [0.3, 0.4) is 0 Å². The molecular weight excluding hydrogens is 418 g/mol. The monoisotopic (exact) mass is 443 g/mol. The molecule has 1 aliphatic carbocycles. The lowest BCUT2D eigenvalue weighted by atomic mass is 9.86. The Hall–Kier alpha value is -4.00. The molecule has 1 atom stereocenters. The lowest BCUT2D eigenvalue weighted by Gasteiger charge is -2.23. The average Bonchev–Trinajstić information content (AvgIpc) is 2.83. The number of nitrogens with zero attached hydrogens (tertiary/aromatic N) is 1. The van der Waals surface area contributed by atoms with Crippen LogP contribution in [-0.4, -0.2) is 36.0 Å². The van der Waals surface area contributed by atoms with Crippen molar-refractivity contribution in [1.82, 2.24) is 15.6 Å². The fraction of sp³-hybridized carbons (Fsp3) is 0.231. The maximum atomic E-state index is 13.3. The van der Waals surface area contributed by atoms with Crippen molar-refractivity contribution in [3.8, 4) is 0 Å². The van der Waals surface area contributed by atoms with E-state index in [0.717, 1.165) is 35.2 Å². The van der Waals surface area contributed by atoms with Gasteiger partial charge in [0.2, 0.25) is 0 Å². The van der Waals surface area contributed by atoms with Gasteiger partial charge in [0.25, 0.3) is 5.91 Å². The van der Waals surface area contributed by atoms with Gasteiger partial charge in [0.05, 0.1) is 16.8 Å². The number of aromatic nitrogens is 1. The molecule has 7 nitrogen and oxygen atoms in total. The molecule has 168 valence electrons. The number of urea groups is 1. The minimum atomic E-state index is -1.14. The molecule has 0 saturated heterocycles. The third-order valence-corrected chi connectivity index (χ3v) is 5.63. The molecule has 0 radical (unpaired) electrons. The number of imide groups is 1. The topological polar surface area (TPSA) is 97.4 Å². The zero-order valence-corrected chi connectivity index (χ0v) is 18.6. The van der Waals surface area contributed by atoms with Gasteiger partial charge in [-0.2, -0.15) is 0 Å². The van der Waals surface area contributed by atoms with Gasteiger partial charge in [-0.05, 0) is 55.0 Å². The van der Waals surface area contributed by atoms with E-state index >= 15 is 0 Å². The molecule has 3 amide bonds. The first kappa shape index (κ1) is 22.2. The lowest BCUT2D eigenvalue weighted by molar-refractivity contribution is -0.127. The van der Waals surface area contributed by atoms with E-state index in [1.54, 1.807) is 0 Å². The fourth-order valence-corrected chi connectivity index (χ4v) is 4.01. The number of hydrogen-bond donors (Lipinski definition) is 2. The Morgan fingerprint density at radius 1 is 1.03 bits per heavy atom. The lowest BCUT2D eigenvalue weighted by Crippen LogP contribution is -2.43. The number of pyridine rings is 1. The Bertz CT molecular complexity index is 1250. The SMILES string of the molecule is CNC(=O)NC(=O)C(C)OC(=O)c1c2c(nc3ccccc13)/C(=C/c1ccccc1)CCC2. The normalized spacial score (nSPS) is 14.9. The summed E-state index contributed by atoms with van der Waals surface area (Å²) in [7, 11) is 1.40. The predicted octanol–water partition coefficient (Wildman–Crippen LogP) is 4.11. The van der Waals surface area contributed by atoms with E-state index in [1.165, 1.54) is 14.0 Å². The van der Waals surface area contributed by atoms with Crippen LogP contribution in [0.2, 0.25) is 0 Å². The van der Waals surface area contributed by atoms with Gasteiger partial charge < -0.3 is 10.1 Å². The highest BCUT2D eigenvalue weighted by Gasteiger charge is 2.28. The second-order valence-electron chi connectivity index (χ2n) is 7.88. The minimum Gasteiger partial charge on any atom is -0.449 e. The maximum Gasteiger partial charge on any atom is 0.339 e. The molecule has 1 aromatic heterocycles. The molecule has 33 heavy (non-hydrogen) atoms. The largest absolute Gasteiger partial charge is 0.449 e. The third kappa shape index (κ3) is 4.77. The quantitative estimate of drug-likeness (QED) is 0.592. The summed E-state index contributed by atoms with van der Waals surface area (Å²) in [4.78, 5) is 41.9. The number of rotatable bonds is 4. The summed E-state index contributed by atoms with van der Waals surface area (Å²) < 4.78 is 5.49. The summed E-state index contributed by atoms with van der Waals surface area (Å²) in [5.74, 6) is -1.30. The summed E-state index contributed by atoms with van der Waals surface area (Å²) in [6.07, 6.45) is 3.38. The van der Waals surface area contributed by atoms with Crippen LogP contribution < -0.4 is 10.6 Å². The molecule has 0 aliphatic heterocycles. The molecule has 1 aliphatic rings. The molecule has 0 bridgehead atoms. The molecule has 1 heterocycles. The average molecular weight is 444 g/mol. The molecule has 4 rings (SSSR count). The number of carbonyl (C=O) groups excluding carboxylic acids is 3. The van der Waals surface area contributed by atoms with Crippen molar-refractivity contribution in [2.45, 2.75) is 32.3 Å². The Morgan fingerprint density at radius 3 is 2.52 bits per heavy atom. The van der Waals surface area contributed by atoms with Gasteiger partial charge >= 0.3 is 12.0 Å². The van der Waals surface area contributed by atoms with E-state index in [1.807, 2.05) is 54.6 Å². The van der Waals surface area contributed by atoms with Crippen molar-refractivity contribution in [3.63, 3.8) is 0 Å². The summed E-state index contributed by atoms with van der Waals surface area (Å²) in [6, 6.07) is 16.8. The number of para-hydroxylation sites is 1. The van der Waals surface area contributed by atoms with Gasteiger partial charge in [0.1, 0.15) is 0 Å². The zero-order valence-electron chi connectivity index (χ0n) is 18.6. The first-order valence-electron chi connectivity index (χ1n) is 10.9. The number of benzene rings is 2. The number of carbonyl (C=O) groups is 3. The Kier molecular flexibility index (Phi) is 6.49. The van der Waals surface area contributed by atoms with Crippen LogP contribution in [0.25, 0.3) is 22.6 Å². The van der Waals surface area contributed by atoms with Gasteiger partial charge in [-0.1, -0.05) is 48.5 Å². The van der Waals surface area contributed by atoms with Crippen LogP contribution in [0.15, 0.2) is 54.6 Å². The molecular formula is C26H25N3O4. The standard InChI is InChI=1S/C26H25N3O4/c1-16(24(30)29-26(32)27-2)33-25(31)22-19-12-6-7-14-21(19)28-23-18(11-8-13-20(22)23)15-17-9-4-3-5-10-17/h3-7,9-10,12,14-16H,8,11,13H2,1-2H3,(H2,27,29,30,32)/b18-15+. The number of amides is 3. The second-order valence-corrected chi connectivity index (χ2v) is 7.88. The van der Waals surface area contributed by atoms with Crippen LogP contribution in [0.5, 0.6) is 0 Å². The van der Waals surface area contributed by atoms with Crippen LogP contribution >= 0.6 is 0 Å². The Morgan fingerprint density at radius 2 is 1.76 bits per heavy atom. The van der Waals surface area contributed by atoms with Crippen LogP contribution in [0.1, 0.15) is 46.9 Å². The molecule has 2 N–H and O–H groups in total. The minimum absolute atomic E-state index is 0.425. The summed E-state index contributed by atoms with van der Waals surface area (Å²) in [5.41, 5.74) is 4.86. The van der Waals surface area contributed by atoms with Gasteiger partial charge in [-0.25, -0.2) is 14.6 Å². The highest BCUT2D eigenvalue weighted by Crippen LogP contribution is 2.36. The fourth-order valence-electron chi connectivity index (χ4n) is 4.01. The Balaban J connectivity index is 1.75. The number of hydrogen-bond acceptors (Lipinski definition) is 5. The molecule has 7 heteroatoms. The Labute approximate surface area is 191 Å². The van der Waals surface area contributed by atoms with E-state index in [2.05, 4.69) is 16.7 Å². The first-order chi connectivity index (χ1) is 16.0. The summed E-state index contributed by atoms with van der Waals surface area (Å²) >= 11 is 0. The third-order valence-electron chi connectivity index (χ3n) is 5.63. The smallest absolute Gasteiger partial charge is 0.339 e. The van der Waals surface area contributed by atoms with E-state index < -0.39 is 24.0 Å². The van der Waals surface area contributed by atoms with E-state index in [-0.39, 0.29) is 0 Å². The van der Waals surface area contributed by atoms with Gasteiger partial charge in [-0.3, -0.25) is 10.1 Å². The number of esters is 1. The van der Waals surface area contributed by atoms with Crippen molar-refractivity contribution in [2.75, 3.05) is 7.05 Å². The highest BCUT2D eigenvalue weighted by atomic mass is 16.5. The van der Waals surface area contributed by atoms with Crippen molar-refractivity contribution >= 4 is 40.5 Å². The maximum absolute atomic E-state index is 13.3. The first-order valence-corrected chi connectivity index (χ1v) is 10.9. The number of ether oxygens (including phenoxy) is 1. The molecule has 0 saturated carbocycles. The van der Waals surface area contributed by atoms with Gasteiger partial charge in [-0.15, -0.1) is 0 Å². The van der Waals surface area contributed by atoms with E-state index in [4.69, 9.17) is 9.72 Å². The predicted molar refractivity (Wildman–Crippen MR) is 126 cm³/mol. The van der Waals surface area contributed by atoms with Crippen LogP contribution in [0, 0.1) is 0 Å². The molecule has 0 fully saturated rings. The van der Waals surface area contributed by atoms with Crippen LogP contribution in [0.4, 0.5) is 4.79 Å². The van der Waals surface area contributed by atoms with E-state index in [0.29, 0.717) is 22.9 Å². The van der Waals surface area contributed by atoms with Gasteiger partial charge in [0, 0.05) is 12.4 Å². The van der Waals surface area contributed by atoms with Crippen LogP contribution in [-0.2, 0) is 16.0 Å². The molecule has 1 unspecified atom stereocenters. The summed E-state index contributed by atoms with van der Waals surface area (Å²) in [6.45, 7) is 1.44. The number of nitrogens with one attached hydrogen (secondary N) is 2. The van der Waals surface area contributed by atoms with Gasteiger partial charge in [0.15, 0.2) is 6.10 Å². The van der Waals surface area contributed by atoms with Crippen molar-refractivity contribution < 1.29 is 19.1 Å². The number of allylic oxidation sites excluding steroid dienone is 1. The van der Waals surface area contributed by atoms with Crippen molar-refractivity contribution in [3.05, 3.63) is 77.0 Å². The number of fused-ring (bicyclic) bond motifs is 2. The molecule has 3 aromatic rings. The second kappa shape index (κ2) is 9.65. The summed E-state index contributed by atoms with van der Waals surface area (Å²) in [5, 5.41) is 5.11. The van der Waals surface area contributed by atoms with Crippen molar-refractivity contribution in [1.29, 1.82) is 0 Å². The highest BCUT2D eigenvalue weighted by molar-refractivity contribution is 6.07. The molecule has 2 aromatic carbocycles. The van der Waals surface area contributed by atoms with E-state index in [9.17, 15) is 14.4 Å². The zero-order chi connectivity index (χ0) is 23.4. The molecule has 0 spiro atoms. The van der Waals surface area contributed by atoms with Crippen molar-refractivity contribution in [2.24, 2.45) is 0 Å².